The highest BCUT2D eigenvalue weighted by molar-refractivity contribution is 5.98. The molecule has 0 saturated carbocycles. The average Bonchev–Trinajstić information content (AvgIpc) is 2.98. The molecule has 42 heavy (non-hydrogen) atoms. The fourth-order valence-corrected chi connectivity index (χ4v) is 4.91. The Morgan fingerprint density at radius 3 is 2.31 bits per heavy atom. The molecule has 0 amide bonds. The summed E-state index contributed by atoms with van der Waals surface area (Å²) in [7, 11) is 3.12. The van der Waals surface area contributed by atoms with Crippen LogP contribution in [0.1, 0.15) is 41.6 Å². The Morgan fingerprint density at radius 1 is 0.952 bits per heavy atom. The first kappa shape index (κ1) is 28.5. The number of carbonyl (C=O) groups is 1. The van der Waals surface area contributed by atoms with Gasteiger partial charge in [0, 0.05) is 46.8 Å². The topological polar surface area (TPSA) is 92.5 Å². The molecule has 0 spiro atoms. The van der Waals surface area contributed by atoms with Crippen molar-refractivity contribution < 1.29 is 23.4 Å². The molecule has 2 aromatic carbocycles. The van der Waals surface area contributed by atoms with Crippen LogP contribution in [0.25, 0.3) is 22.0 Å². The second-order valence-electron chi connectivity index (χ2n) is 10.1. The van der Waals surface area contributed by atoms with Crippen LogP contribution in [0.4, 0.5) is 4.39 Å². The van der Waals surface area contributed by atoms with E-state index in [1.165, 1.54) is 18.3 Å². The third kappa shape index (κ3) is 5.58. The van der Waals surface area contributed by atoms with Crippen LogP contribution in [0.2, 0.25) is 0 Å². The number of pyridine rings is 3. The summed E-state index contributed by atoms with van der Waals surface area (Å²) >= 11 is 0. The molecule has 0 fully saturated rings. The minimum Gasteiger partial charge on any atom is -0.493 e. The molecule has 0 bridgehead atoms. The molecule has 0 atom stereocenters. The number of carbonyl (C=O) groups excluding carboxylic acids is 1. The first-order valence-corrected chi connectivity index (χ1v) is 13.4. The number of halogens is 1. The third-order valence-electron chi connectivity index (χ3n) is 7.05. The quantitative estimate of drug-likeness (QED) is 0.183. The molecule has 0 unspecified atom stereocenters. The lowest BCUT2D eigenvalue weighted by Gasteiger charge is -2.20. The number of hydrogen-bond donors (Lipinski definition) is 0. The number of fused-ring (bicyclic) bond motifs is 1. The van der Waals surface area contributed by atoms with E-state index in [4.69, 9.17) is 14.2 Å². The zero-order valence-electron chi connectivity index (χ0n) is 24.0. The van der Waals surface area contributed by atoms with Crippen LogP contribution in [0.15, 0.2) is 78.0 Å². The van der Waals surface area contributed by atoms with Crippen molar-refractivity contribution in [3.63, 3.8) is 0 Å². The number of hydrogen-bond acceptors (Lipinski definition) is 7. The van der Waals surface area contributed by atoms with E-state index in [0.29, 0.717) is 51.0 Å². The monoisotopic (exact) mass is 567 g/mol. The summed E-state index contributed by atoms with van der Waals surface area (Å²) in [6.07, 6.45) is 4.69. The number of nitrogens with zero attached hydrogens (tertiary/aromatic N) is 3. The number of methoxy groups -OCH3 is 2. The number of ketones is 1. The predicted octanol–water partition coefficient (Wildman–Crippen LogP) is 6.72. The number of Topliss-reactive ketones (excluding diaryl/α,β-unsaturated/α-hetero) is 1. The van der Waals surface area contributed by atoms with Crippen molar-refractivity contribution in [2.75, 3.05) is 14.2 Å². The highest BCUT2D eigenvalue weighted by Crippen LogP contribution is 2.36. The minimum atomic E-state index is -0.400. The summed E-state index contributed by atoms with van der Waals surface area (Å²) in [5, 5.41) is 0.729. The van der Waals surface area contributed by atoms with E-state index in [-0.39, 0.29) is 23.8 Å². The fourth-order valence-electron chi connectivity index (χ4n) is 4.91. The molecule has 0 aliphatic rings. The van der Waals surface area contributed by atoms with Gasteiger partial charge >= 0.3 is 0 Å². The van der Waals surface area contributed by atoms with Crippen molar-refractivity contribution in [2.45, 2.75) is 33.2 Å². The average molecular weight is 568 g/mol. The maximum absolute atomic E-state index is 13.6. The summed E-state index contributed by atoms with van der Waals surface area (Å²) in [6.45, 7) is 5.77. The van der Waals surface area contributed by atoms with Crippen molar-refractivity contribution in [1.82, 2.24) is 14.5 Å². The van der Waals surface area contributed by atoms with Gasteiger partial charge in [-0.3, -0.25) is 19.6 Å². The Balaban J connectivity index is 1.41. The third-order valence-corrected chi connectivity index (χ3v) is 7.05. The van der Waals surface area contributed by atoms with Crippen LogP contribution in [0, 0.1) is 12.7 Å². The van der Waals surface area contributed by atoms with Crippen LogP contribution in [-0.4, -0.2) is 34.5 Å². The van der Waals surface area contributed by atoms with Crippen molar-refractivity contribution in [3.05, 3.63) is 106 Å². The molecule has 3 aromatic heterocycles. The molecule has 3 heterocycles. The molecular formula is C33H30FN3O5. The van der Waals surface area contributed by atoms with Crippen LogP contribution in [0.3, 0.4) is 0 Å². The lowest BCUT2D eigenvalue weighted by atomic mass is 9.98. The highest BCUT2D eigenvalue weighted by atomic mass is 19.1. The van der Waals surface area contributed by atoms with E-state index in [0.717, 1.165) is 5.39 Å². The van der Waals surface area contributed by atoms with Crippen LogP contribution >= 0.6 is 0 Å². The smallest absolute Gasteiger partial charge is 0.200 e. The minimum absolute atomic E-state index is 0.00349. The Labute approximate surface area is 242 Å². The first-order valence-electron chi connectivity index (χ1n) is 13.4. The van der Waals surface area contributed by atoms with Gasteiger partial charge in [0.1, 0.15) is 17.3 Å². The number of ether oxygens (including phenoxy) is 3. The summed E-state index contributed by atoms with van der Waals surface area (Å²) in [4.78, 5) is 35.8. The van der Waals surface area contributed by atoms with E-state index in [1.54, 1.807) is 69.1 Å². The Morgan fingerprint density at radius 2 is 1.67 bits per heavy atom. The van der Waals surface area contributed by atoms with Crippen molar-refractivity contribution in [2.24, 2.45) is 0 Å². The largest absolute Gasteiger partial charge is 0.493 e. The predicted molar refractivity (Wildman–Crippen MR) is 158 cm³/mol. The number of rotatable bonds is 9. The molecule has 9 heteroatoms. The maximum atomic E-state index is 13.6. The van der Waals surface area contributed by atoms with E-state index in [1.807, 2.05) is 25.3 Å². The van der Waals surface area contributed by atoms with Crippen LogP contribution in [0.5, 0.6) is 23.0 Å². The molecule has 0 aliphatic carbocycles. The van der Waals surface area contributed by atoms with E-state index in [9.17, 15) is 14.0 Å². The number of aromatic nitrogens is 3. The molecule has 0 N–H and O–H groups in total. The molecule has 8 nitrogen and oxygen atoms in total. The molecule has 0 aliphatic heterocycles. The zero-order valence-corrected chi connectivity index (χ0v) is 24.0. The Kier molecular flexibility index (Phi) is 8.01. The van der Waals surface area contributed by atoms with Gasteiger partial charge in [-0.05, 0) is 62.7 Å². The first-order chi connectivity index (χ1) is 20.2. The SMILES string of the molecule is COc1cc2nccc(Oc3ccc(CC(=O)c4cn(C(C)C)c(C)c(-c5ccc(F)cc5)c4=O)nc3)c2cc1OC. The molecule has 214 valence electrons. The summed E-state index contributed by atoms with van der Waals surface area (Å²) < 4.78 is 32.3. The Hall–Kier alpha value is -5.05. The summed E-state index contributed by atoms with van der Waals surface area (Å²) in [5.74, 6) is 1.36. The van der Waals surface area contributed by atoms with Gasteiger partial charge in [-0.1, -0.05) is 12.1 Å². The van der Waals surface area contributed by atoms with Crippen molar-refractivity contribution in [3.8, 4) is 34.1 Å². The highest BCUT2D eigenvalue weighted by Gasteiger charge is 2.21. The molecular weight excluding hydrogens is 537 g/mol. The van der Waals surface area contributed by atoms with Crippen LogP contribution < -0.4 is 19.6 Å². The summed E-state index contributed by atoms with van der Waals surface area (Å²) in [5.41, 5.74) is 2.47. The van der Waals surface area contributed by atoms with Crippen molar-refractivity contribution >= 4 is 16.7 Å². The fraction of sp³-hybridized carbons (Fsp3) is 0.212. The Bertz CT molecular complexity index is 1830. The van der Waals surface area contributed by atoms with Crippen LogP contribution in [-0.2, 0) is 6.42 Å². The van der Waals surface area contributed by atoms with Gasteiger partial charge in [-0.2, -0.15) is 0 Å². The second-order valence-corrected chi connectivity index (χ2v) is 10.1. The van der Waals surface area contributed by atoms with Gasteiger partial charge in [-0.15, -0.1) is 0 Å². The van der Waals surface area contributed by atoms with E-state index < -0.39 is 11.2 Å². The standard InChI is InChI=1S/C33H30FN3O5/c1-19(2)37-18-26(33(39)32(20(37)3)21-6-8-22(34)9-7-21)28(38)14-23-10-11-24(17-36-23)42-29-12-13-35-27-16-31(41-5)30(40-4)15-25(27)29/h6-13,15-19H,14H2,1-5H3. The lowest BCUT2D eigenvalue weighted by molar-refractivity contribution is 0.0990. The molecule has 0 saturated heterocycles. The number of benzene rings is 2. The van der Waals surface area contributed by atoms with Gasteiger partial charge in [0.05, 0.1) is 37.9 Å². The molecule has 5 aromatic rings. The summed E-state index contributed by atoms with van der Waals surface area (Å²) in [6, 6.07) is 14.4. The van der Waals surface area contributed by atoms with Gasteiger partial charge < -0.3 is 18.8 Å². The van der Waals surface area contributed by atoms with Gasteiger partial charge in [0.15, 0.2) is 22.7 Å². The van der Waals surface area contributed by atoms with Gasteiger partial charge in [0.2, 0.25) is 0 Å². The second kappa shape index (κ2) is 11.8. The van der Waals surface area contributed by atoms with E-state index >= 15 is 0 Å². The maximum Gasteiger partial charge on any atom is 0.200 e. The van der Waals surface area contributed by atoms with Crippen molar-refractivity contribution in [1.29, 1.82) is 0 Å². The normalized spacial score (nSPS) is 11.1. The zero-order chi connectivity index (χ0) is 30.0. The molecule has 5 rings (SSSR count). The van der Waals surface area contributed by atoms with E-state index in [2.05, 4.69) is 9.97 Å². The van der Waals surface area contributed by atoms with Gasteiger partial charge in [0.25, 0.3) is 0 Å². The van der Waals surface area contributed by atoms with Gasteiger partial charge in [-0.25, -0.2) is 4.39 Å². The molecule has 0 radical (unpaired) electrons. The lowest BCUT2D eigenvalue weighted by Crippen LogP contribution is -2.24.